The summed E-state index contributed by atoms with van der Waals surface area (Å²) >= 11 is 5.74. The highest BCUT2D eigenvalue weighted by Crippen LogP contribution is 2.27. The average molecular weight is 435 g/mol. The quantitative estimate of drug-likeness (QED) is 0.476. The lowest BCUT2D eigenvalue weighted by Crippen LogP contribution is -2.24. The molecular formula is C20H14ClF3N4O2. The molecule has 1 N–H and O–H groups in total. The van der Waals surface area contributed by atoms with Crippen LogP contribution in [0.5, 0.6) is 0 Å². The second kappa shape index (κ2) is 8.91. The van der Waals surface area contributed by atoms with Crippen molar-refractivity contribution in [2.45, 2.75) is 13.3 Å². The molecule has 6 nitrogen and oxygen atoms in total. The lowest BCUT2D eigenvalue weighted by atomic mass is 10.1. The number of rotatable bonds is 5. The SMILES string of the molecule is CC(=O)N(c1ccnc(F)c1)c1cc(NC(=O)Cc2ccc(F)c(F)c2Cl)ccn1. The van der Waals surface area contributed by atoms with Crippen molar-refractivity contribution in [3.8, 4) is 0 Å². The lowest BCUT2D eigenvalue weighted by Gasteiger charge is -2.20. The van der Waals surface area contributed by atoms with Gasteiger partial charge in [-0.1, -0.05) is 17.7 Å². The van der Waals surface area contributed by atoms with Crippen LogP contribution in [0.2, 0.25) is 5.02 Å². The van der Waals surface area contributed by atoms with E-state index in [0.29, 0.717) is 0 Å². The lowest BCUT2D eigenvalue weighted by molar-refractivity contribution is -0.116. The van der Waals surface area contributed by atoms with E-state index in [-0.39, 0.29) is 29.2 Å². The fraction of sp³-hybridized carbons (Fsp3) is 0.100. The molecule has 0 saturated heterocycles. The maximum atomic E-state index is 13.6. The van der Waals surface area contributed by atoms with Crippen molar-refractivity contribution >= 4 is 40.6 Å². The Bertz CT molecular complexity index is 1130. The van der Waals surface area contributed by atoms with Gasteiger partial charge in [-0.15, -0.1) is 0 Å². The van der Waals surface area contributed by atoms with E-state index in [1.165, 1.54) is 43.6 Å². The zero-order valence-electron chi connectivity index (χ0n) is 15.5. The Morgan fingerprint density at radius 2 is 1.80 bits per heavy atom. The summed E-state index contributed by atoms with van der Waals surface area (Å²) in [5.74, 6) is -3.97. The minimum absolute atomic E-state index is 0.111. The molecule has 2 aromatic heterocycles. The van der Waals surface area contributed by atoms with Gasteiger partial charge in [0, 0.05) is 37.1 Å². The van der Waals surface area contributed by atoms with Crippen LogP contribution in [0.15, 0.2) is 48.8 Å². The van der Waals surface area contributed by atoms with Crippen molar-refractivity contribution in [1.82, 2.24) is 9.97 Å². The molecule has 154 valence electrons. The molecule has 0 aliphatic rings. The average Bonchev–Trinajstić information content (AvgIpc) is 2.69. The van der Waals surface area contributed by atoms with Crippen LogP contribution in [-0.2, 0) is 16.0 Å². The molecule has 0 atom stereocenters. The van der Waals surface area contributed by atoms with Gasteiger partial charge in [0.1, 0.15) is 5.82 Å². The highest BCUT2D eigenvalue weighted by Gasteiger charge is 2.18. The second-order valence-electron chi connectivity index (χ2n) is 6.15. The van der Waals surface area contributed by atoms with E-state index in [1.54, 1.807) is 0 Å². The van der Waals surface area contributed by atoms with Gasteiger partial charge in [-0.25, -0.2) is 18.7 Å². The van der Waals surface area contributed by atoms with Crippen molar-refractivity contribution in [2.75, 3.05) is 10.2 Å². The maximum Gasteiger partial charge on any atom is 0.229 e. The first kappa shape index (κ1) is 21.3. The molecule has 3 rings (SSSR count). The summed E-state index contributed by atoms with van der Waals surface area (Å²) in [5.41, 5.74) is 0.601. The smallest absolute Gasteiger partial charge is 0.229 e. The predicted molar refractivity (Wildman–Crippen MR) is 105 cm³/mol. The van der Waals surface area contributed by atoms with E-state index in [1.807, 2.05) is 0 Å². The number of nitrogens with one attached hydrogen (secondary N) is 1. The van der Waals surface area contributed by atoms with E-state index in [0.717, 1.165) is 17.0 Å². The molecule has 0 aliphatic heterocycles. The summed E-state index contributed by atoms with van der Waals surface area (Å²) in [6, 6.07) is 7.48. The first-order valence-corrected chi connectivity index (χ1v) is 8.94. The fourth-order valence-corrected chi connectivity index (χ4v) is 2.93. The van der Waals surface area contributed by atoms with Crippen LogP contribution in [0.4, 0.5) is 30.4 Å². The number of carbonyl (C=O) groups excluding carboxylic acids is 2. The van der Waals surface area contributed by atoms with Gasteiger partial charge in [-0.05, 0) is 23.8 Å². The topological polar surface area (TPSA) is 75.2 Å². The van der Waals surface area contributed by atoms with Crippen molar-refractivity contribution in [3.63, 3.8) is 0 Å². The van der Waals surface area contributed by atoms with E-state index in [9.17, 15) is 22.8 Å². The molecule has 0 aliphatic carbocycles. The van der Waals surface area contributed by atoms with Crippen molar-refractivity contribution in [3.05, 3.63) is 77.0 Å². The summed E-state index contributed by atoms with van der Waals surface area (Å²) < 4.78 is 40.2. The van der Waals surface area contributed by atoms with Crippen LogP contribution in [0.3, 0.4) is 0 Å². The molecule has 0 spiro atoms. The van der Waals surface area contributed by atoms with Gasteiger partial charge in [-0.3, -0.25) is 14.5 Å². The third-order valence-corrected chi connectivity index (χ3v) is 4.42. The first-order valence-electron chi connectivity index (χ1n) is 8.57. The van der Waals surface area contributed by atoms with Crippen LogP contribution >= 0.6 is 11.6 Å². The Kier molecular flexibility index (Phi) is 6.31. The Balaban J connectivity index is 1.82. The van der Waals surface area contributed by atoms with Crippen LogP contribution in [0.25, 0.3) is 0 Å². The Morgan fingerprint density at radius 3 is 2.50 bits per heavy atom. The molecule has 30 heavy (non-hydrogen) atoms. The molecule has 10 heteroatoms. The van der Waals surface area contributed by atoms with Gasteiger partial charge in [0.25, 0.3) is 0 Å². The van der Waals surface area contributed by atoms with Gasteiger partial charge >= 0.3 is 0 Å². The van der Waals surface area contributed by atoms with Gasteiger partial charge in [-0.2, -0.15) is 4.39 Å². The predicted octanol–water partition coefficient (Wildman–Crippen LogP) is 4.41. The number of hydrogen-bond donors (Lipinski definition) is 1. The largest absolute Gasteiger partial charge is 0.326 e. The summed E-state index contributed by atoms with van der Waals surface area (Å²) in [6.45, 7) is 1.27. The van der Waals surface area contributed by atoms with Gasteiger partial charge in [0.15, 0.2) is 11.6 Å². The highest BCUT2D eigenvalue weighted by atomic mass is 35.5. The number of carbonyl (C=O) groups is 2. The van der Waals surface area contributed by atoms with Crippen molar-refractivity contribution in [2.24, 2.45) is 0 Å². The maximum absolute atomic E-state index is 13.6. The van der Waals surface area contributed by atoms with Gasteiger partial charge in [0.05, 0.1) is 17.1 Å². The van der Waals surface area contributed by atoms with E-state index < -0.39 is 34.4 Å². The molecule has 0 radical (unpaired) electrons. The normalized spacial score (nSPS) is 10.6. The molecule has 0 unspecified atom stereocenters. The summed E-state index contributed by atoms with van der Waals surface area (Å²) in [4.78, 5) is 33.1. The van der Waals surface area contributed by atoms with E-state index in [4.69, 9.17) is 11.6 Å². The Hall–Kier alpha value is -3.46. The number of pyridine rings is 2. The summed E-state index contributed by atoms with van der Waals surface area (Å²) in [7, 11) is 0. The monoisotopic (exact) mass is 434 g/mol. The summed E-state index contributed by atoms with van der Waals surface area (Å²) in [6.07, 6.45) is 2.25. The Labute approximate surface area is 174 Å². The number of anilines is 3. The van der Waals surface area contributed by atoms with Crippen molar-refractivity contribution < 1.29 is 22.8 Å². The minimum Gasteiger partial charge on any atom is -0.326 e. The van der Waals surface area contributed by atoms with Crippen LogP contribution in [0, 0.1) is 17.6 Å². The van der Waals surface area contributed by atoms with Gasteiger partial charge in [0.2, 0.25) is 17.8 Å². The number of aromatic nitrogens is 2. The van der Waals surface area contributed by atoms with Gasteiger partial charge < -0.3 is 5.32 Å². The van der Waals surface area contributed by atoms with Crippen LogP contribution in [0.1, 0.15) is 12.5 Å². The highest BCUT2D eigenvalue weighted by molar-refractivity contribution is 6.31. The Morgan fingerprint density at radius 1 is 1.07 bits per heavy atom. The van der Waals surface area contributed by atoms with Crippen LogP contribution < -0.4 is 10.2 Å². The third-order valence-electron chi connectivity index (χ3n) is 4.01. The van der Waals surface area contributed by atoms with Crippen molar-refractivity contribution in [1.29, 1.82) is 0 Å². The molecule has 0 bridgehead atoms. The molecule has 0 saturated carbocycles. The number of hydrogen-bond acceptors (Lipinski definition) is 4. The molecule has 1 aromatic carbocycles. The number of nitrogens with zero attached hydrogens (tertiary/aromatic N) is 3. The molecule has 2 heterocycles. The first-order chi connectivity index (χ1) is 14.3. The molecule has 2 amide bonds. The zero-order valence-corrected chi connectivity index (χ0v) is 16.3. The van der Waals surface area contributed by atoms with E-state index >= 15 is 0 Å². The molecular weight excluding hydrogens is 421 g/mol. The number of amides is 2. The summed E-state index contributed by atoms with van der Waals surface area (Å²) in [5, 5.41) is 2.10. The molecule has 0 fully saturated rings. The molecule has 3 aromatic rings. The third kappa shape index (κ3) is 4.74. The number of benzene rings is 1. The second-order valence-corrected chi connectivity index (χ2v) is 6.53. The van der Waals surface area contributed by atoms with Crippen LogP contribution in [-0.4, -0.2) is 21.8 Å². The standard InChI is InChI=1S/C20H14ClF3N4O2/c1-11(29)28(14-5-7-25-16(23)10-14)17-9-13(4-6-26-17)27-18(30)8-12-2-3-15(22)20(24)19(12)21/h2-7,9-10H,8H2,1H3,(H,26,27,30). The minimum atomic E-state index is -1.23. The fourth-order valence-electron chi connectivity index (χ4n) is 2.71. The zero-order chi connectivity index (χ0) is 21.8. The number of halogens is 4. The van der Waals surface area contributed by atoms with E-state index in [2.05, 4.69) is 15.3 Å².